The number of rotatable bonds is 2. The van der Waals surface area contributed by atoms with Gasteiger partial charge in [-0.15, -0.1) is 0 Å². The van der Waals surface area contributed by atoms with Crippen molar-refractivity contribution in [1.29, 1.82) is 0 Å². The zero-order valence-electron chi connectivity index (χ0n) is 7.13. The van der Waals surface area contributed by atoms with E-state index in [4.69, 9.17) is 0 Å². The van der Waals surface area contributed by atoms with Crippen LogP contribution in [-0.2, 0) is 14.3 Å². The first kappa shape index (κ1) is 9.03. The van der Waals surface area contributed by atoms with Gasteiger partial charge in [0.15, 0.2) is 0 Å². The Morgan fingerprint density at radius 2 is 2.17 bits per heavy atom. The van der Waals surface area contributed by atoms with Crippen LogP contribution >= 0.6 is 0 Å². The largest absolute Gasteiger partial charge is 0.459 e. The van der Waals surface area contributed by atoms with Crippen molar-refractivity contribution in [3.05, 3.63) is 0 Å². The Morgan fingerprint density at radius 1 is 1.50 bits per heavy atom. The average molecular weight is 171 g/mol. The molecule has 1 N–H and O–H groups in total. The van der Waals surface area contributed by atoms with Crippen molar-refractivity contribution in [3.8, 4) is 0 Å². The maximum absolute atomic E-state index is 11.0. The van der Waals surface area contributed by atoms with Gasteiger partial charge in [-0.25, -0.2) is 4.79 Å². The number of esters is 1. The van der Waals surface area contributed by atoms with Gasteiger partial charge in [0.2, 0.25) is 0 Å². The highest BCUT2D eigenvalue weighted by atomic mass is 16.5. The molecule has 0 aromatic rings. The van der Waals surface area contributed by atoms with Crippen LogP contribution < -0.4 is 5.32 Å². The second-order valence-corrected chi connectivity index (χ2v) is 2.82. The van der Waals surface area contributed by atoms with E-state index < -0.39 is 11.9 Å². The zero-order chi connectivity index (χ0) is 8.97. The van der Waals surface area contributed by atoms with Crippen LogP contribution in [0.3, 0.4) is 0 Å². The zero-order valence-corrected chi connectivity index (χ0v) is 7.13. The molecule has 0 saturated heterocycles. The standard InChI is InChI=1S/C8H13NO3/c1-2-12-8(11)7(10)9-6-4-3-5-6/h6H,2-5H2,1H3,(H,9,10). The fourth-order valence-electron chi connectivity index (χ4n) is 0.994. The Bertz CT molecular complexity index is 187. The van der Waals surface area contributed by atoms with Crippen molar-refractivity contribution in [2.24, 2.45) is 0 Å². The lowest BCUT2D eigenvalue weighted by Gasteiger charge is -2.25. The number of hydrogen-bond acceptors (Lipinski definition) is 3. The predicted octanol–water partition coefficient (Wildman–Crippen LogP) is 0.218. The maximum Gasteiger partial charge on any atom is 0.396 e. The Balaban J connectivity index is 2.21. The van der Waals surface area contributed by atoms with E-state index in [1.54, 1.807) is 6.92 Å². The third kappa shape index (κ3) is 2.22. The van der Waals surface area contributed by atoms with Crippen LogP contribution in [0.5, 0.6) is 0 Å². The molecule has 4 nitrogen and oxygen atoms in total. The number of amides is 1. The summed E-state index contributed by atoms with van der Waals surface area (Å²) in [5.41, 5.74) is 0. The van der Waals surface area contributed by atoms with Gasteiger partial charge in [-0.05, 0) is 26.2 Å². The molecule has 1 rings (SSSR count). The van der Waals surface area contributed by atoms with Crippen molar-refractivity contribution in [3.63, 3.8) is 0 Å². The lowest BCUT2D eigenvalue weighted by molar-refractivity contribution is -0.155. The van der Waals surface area contributed by atoms with Gasteiger partial charge in [0.05, 0.1) is 6.61 Å². The molecular weight excluding hydrogens is 158 g/mol. The number of hydrogen-bond donors (Lipinski definition) is 1. The van der Waals surface area contributed by atoms with Crippen LogP contribution in [0.4, 0.5) is 0 Å². The number of carbonyl (C=O) groups is 2. The van der Waals surface area contributed by atoms with Crippen molar-refractivity contribution in [1.82, 2.24) is 5.32 Å². The van der Waals surface area contributed by atoms with Gasteiger partial charge in [0.1, 0.15) is 0 Å². The smallest absolute Gasteiger partial charge is 0.396 e. The van der Waals surface area contributed by atoms with Crippen molar-refractivity contribution < 1.29 is 14.3 Å². The van der Waals surface area contributed by atoms with E-state index in [0.29, 0.717) is 0 Å². The Morgan fingerprint density at radius 3 is 2.58 bits per heavy atom. The molecular formula is C8H13NO3. The van der Waals surface area contributed by atoms with E-state index >= 15 is 0 Å². The molecule has 1 aliphatic rings. The summed E-state index contributed by atoms with van der Waals surface area (Å²) in [6, 6.07) is 0.196. The van der Waals surface area contributed by atoms with Crippen LogP contribution in [0, 0.1) is 0 Å². The lowest BCUT2D eigenvalue weighted by Crippen LogP contribution is -2.43. The minimum absolute atomic E-state index is 0.196. The van der Waals surface area contributed by atoms with Gasteiger partial charge in [0.25, 0.3) is 0 Å². The predicted molar refractivity (Wildman–Crippen MR) is 42.4 cm³/mol. The summed E-state index contributed by atoms with van der Waals surface area (Å²) in [6.45, 7) is 1.92. The average Bonchev–Trinajstić information content (AvgIpc) is 1.97. The normalized spacial score (nSPS) is 16.4. The fraction of sp³-hybridized carbons (Fsp3) is 0.750. The van der Waals surface area contributed by atoms with Crippen molar-refractivity contribution in [2.45, 2.75) is 32.2 Å². The molecule has 0 heterocycles. The highest BCUT2D eigenvalue weighted by Crippen LogP contribution is 2.17. The molecule has 12 heavy (non-hydrogen) atoms. The number of carbonyl (C=O) groups excluding carboxylic acids is 2. The molecule has 1 aliphatic carbocycles. The highest BCUT2D eigenvalue weighted by Gasteiger charge is 2.23. The molecule has 0 unspecified atom stereocenters. The summed E-state index contributed by atoms with van der Waals surface area (Å²) >= 11 is 0. The first-order chi connectivity index (χ1) is 5.74. The molecule has 68 valence electrons. The topological polar surface area (TPSA) is 55.4 Å². The van der Waals surface area contributed by atoms with Gasteiger partial charge >= 0.3 is 11.9 Å². The van der Waals surface area contributed by atoms with Crippen molar-refractivity contribution >= 4 is 11.9 Å². The van der Waals surface area contributed by atoms with Crippen LogP contribution in [-0.4, -0.2) is 24.5 Å². The first-order valence-corrected chi connectivity index (χ1v) is 4.21. The minimum atomic E-state index is -0.774. The third-order valence-electron chi connectivity index (χ3n) is 1.90. The summed E-state index contributed by atoms with van der Waals surface area (Å²) in [6.07, 6.45) is 3.09. The van der Waals surface area contributed by atoms with Crippen LogP contribution in [0.15, 0.2) is 0 Å². The second kappa shape index (κ2) is 4.09. The van der Waals surface area contributed by atoms with Crippen LogP contribution in [0.25, 0.3) is 0 Å². The van der Waals surface area contributed by atoms with E-state index in [9.17, 15) is 9.59 Å². The molecule has 1 amide bonds. The summed E-state index contributed by atoms with van der Waals surface area (Å²) in [7, 11) is 0. The van der Waals surface area contributed by atoms with Gasteiger partial charge < -0.3 is 10.1 Å². The number of ether oxygens (including phenoxy) is 1. The van der Waals surface area contributed by atoms with E-state index in [-0.39, 0.29) is 12.6 Å². The maximum atomic E-state index is 11.0. The van der Waals surface area contributed by atoms with Gasteiger partial charge in [-0.1, -0.05) is 0 Å². The van der Waals surface area contributed by atoms with Gasteiger partial charge in [0, 0.05) is 6.04 Å². The molecule has 0 aromatic heterocycles. The van der Waals surface area contributed by atoms with E-state index in [1.807, 2.05) is 0 Å². The molecule has 0 spiro atoms. The van der Waals surface area contributed by atoms with E-state index in [0.717, 1.165) is 19.3 Å². The highest BCUT2D eigenvalue weighted by molar-refractivity contribution is 6.32. The molecule has 4 heteroatoms. The summed E-state index contributed by atoms with van der Waals surface area (Å²) < 4.78 is 4.52. The Kier molecular flexibility index (Phi) is 3.08. The molecule has 0 aromatic carbocycles. The van der Waals surface area contributed by atoms with E-state index in [1.165, 1.54) is 0 Å². The van der Waals surface area contributed by atoms with E-state index in [2.05, 4.69) is 10.1 Å². The molecule has 1 saturated carbocycles. The second-order valence-electron chi connectivity index (χ2n) is 2.82. The SMILES string of the molecule is CCOC(=O)C(=O)NC1CCC1. The molecule has 0 atom stereocenters. The molecule has 0 aliphatic heterocycles. The summed E-state index contributed by atoms with van der Waals surface area (Å²) in [4.78, 5) is 21.7. The Hall–Kier alpha value is -1.06. The van der Waals surface area contributed by atoms with Crippen LogP contribution in [0.2, 0.25) is 0 Å². The summed E-state index contributed by atoms with van der Waals surface area (Å²) in [5, 5.41) is 2.59. The van der Waals surface area contributed by atoms with Crippen LogP contribution in [0.1, 0.15) is 26.2 Å². The first-order valence-electron chi connectivity index (χ1n) is 4.21. The van der Waals surface area contributed by atoms with Crippen molar-refractivity contribution in [2.75, 3.05) is 6.61 Å². The number of nitrogens with one attached hydrogen (secondary N) is 1. The monoisotopic (exact) mass is 171 g/mol. The lowest BCUT2D eigenvalue weighted by atomic mass is 9.93. The quantitative estimate of drug-likeness (QED) is 0.477. The fourth-order valence-corrected chi connectivity index (χ4v) is 0.994. The summed E-state index contributed by atoms with van der Waals surface area (Å²) in [5.74, 6) is -1.38. The molecule has 0 bridgehead atoms. The van der Waals surface area contributed by atoms with Gasteiger partial charge in [-0.3, -0.25) is 4.79 Å². The third-order valence-corrected chi connectivity index (χ3v) is 1.90. The molecule has 0 radical (unpaired) electrons. The van der Waals surface area contributed by atoms with Gasteiger partial charge in [-0.2, -0.15) is 0 Å². The minimum Gasteiger partial charge on any atom is -0.459 e. The molecule has 1 fully saturated rings. The Labute approximate surface area is 71.3 Å².